The van der Waals surface area contributed by atoms with E-state index < -0.39 is 0 Å². The molecule has 15 heavy (non-hydrogen) atoms. The lowest BCUT2D eigenvalue weighted by Crippen LogP contribution is -2.01. The summed E-state index contributed by atoms with van der Waals surface area (Å²) in [5, 5.41) is 6.13. The third kappa shape index (κ3) is 1.94. The van der Waals surface area contributed by atoms with Gasteiger partial charge in [-0.15, -0.1) is 0 Å². The van der Waals surface area contributed by atoms with E-state index in [1.54, 1.807) is 11.8 Å². The van der Waals surface area contributed by atoms with Crippen molar-refractivity contribution in [2.75, 3.05) is 12.8 Å². The smallest absolute Gasteiger partial charge is 0.230 e. The summed E-state index contributed by atoms with van der Waals surface area (Å²) in [6.07, 6.45) is 1.91. The van der Waals surface area contributed by atoms with E-state index in [1.807, 2.05) is 18.5 Å². The number of ether oxygens (including phenoxy) is 1. The first-order valence-corrected chi connectivity index (χ1v) is 5.31. The number of hydrogen-bond acceptors (Lipinski definition) is 5. The maximum absolute atomic E-state index is 5.66. The molecule has 0 saturated carbocycles. The summed E-state index contributed by atoms with van der Waals surface area (Å²) in [5.41, 5.74) is 7.67. The molecule has 0 unspecified atom stereocenters. The molecule has 0 spiro atoms. The highest BCUT2D eigenvalue weighted by molar-refractivity contribution is 7.03. The number of nitrogens with two attached hydrogens (primary N) is 1. The zero-order chi connectivity index (χ0) is 10.8. The lowest BCUT2D eigenvalue weighted by Gasteiger charge is -2.00. The van der Waals surface area contributed by atoms with E-state index in [4.69, 9.17) is 10.5 Å². The van der Waals surface area contributed by atoms with E-state index in [2.05, 4.69) is 9.47 Å². The molecule has 0 aliphatic carbocycles. The fourth-order valence-electron chi connectivity index (χ4n) is 1.31. The molecule has 2 heterocycles. The summed E-state index contributed by atoms with van der Waals surface area (Å²) in [6.45, 7) is 2.57. The van der Waals surface area contributed by atoms with E-state index in [0.29, 0.717) is 18.2 Å². The number of anilines is 1. The third-order valence-electron chi connectivity index (χ3n) is 2.11. The Bertz CT molecular complexity index is 443. The Labute approximate surface area is 91.6 Å². The normalized spacial score (nSPS) is 10.5. The van der Waals surface area contributed by atoms with Gasteiger partial charge in [-0.3, -0.25) is 4.68 Å². The molecule has 0 saturated heterocycles. The Morgan fingerprint density at radius 1 is 1.60 bits per heavy atom. The van der Waals surface area contributed by atoms with Gasteiger partial charge in [-0.25, -0.2) is 0 Å². The first kappa shape index (κ1) is 9.97. The minimum absolute atomic E-state index is 0.567. The van der Waals surface area contributed by atoms with Gasteiger partial charge in [0.25, 0.3) is 0 Å². The van der Waals surface area contributed by atoms with Gasteiger partial charge in [0, 0.05) is 22.7 Å². The predicted octanol–water partition coefficient (Wildman–Crippen LogP) is 1.29. The molecule has 0 fully saturated rings. The van der Waals surface area contributed by atoms with Crippen LogP contribution in [0.1, 0.15) is 11.1 Å². The summed E-state index contributed by atoms with van der Waals surface area (Å²) in [6, 6.07) is 0. The fourth-order valence-corrected chi connectivity index (χ4v) is 1.95. The number of nitrogens with zero attached hydrogens (tertiary/aromatic N) is 3. The molecule has 0 radical (unpaired) electrons. The van der Waals surface area contributed by atoms with Crippen LogP contribution in [0, 0.1) is 6.92 Å². The van der Waals surface area contributed by atoms with Gasteiger partial charge in [0.05, 0.1) is 13.7 Å². The molecule has 6 heteroatoms. The molecule has 0 aromatic carbocycles. The maximum atomic E-state index is 5.66. The Hall–Kier alpha value is -1.56. The largest absolute Gasteiger partial charge is 0.480 e. The van der Waals surface area contributed by atoms with Gasteiger partial charge in [-0.05, 0) is 18.5 Å². The van der Waals surface area contributed by atoms with Crippen molar-refractivity contribution in [3.8, 4) is 5.88 Å². The van der Waals surface area contributed by atoms with Gasteiger partial charge < -0.3 is 10.5 Å². The Morgan fingerprint density at radius 2 is 2.40 bits per heavy atom. The lowest BCUT2D eigenvalue weighted by atomic mass is 10.3. The fraction of sp³-hybridized carbons (Fsp3) is 0.333. The number of methoxy groups -OCH3 is 1. The Balaban J connectivity index is 2.21. The zero-order valence-corrected chi connectivity index (χ0v) is 9.41. The molecule has 0 atom stereocenters. The van der Waals surface area contributed by atoms with E-state index in [-0.39, 0.29) is 0 Å². The lowest BCUT2D eigenvalue weighted by molar-refractivity contribution is 0.395. The molecular formula is C9H12N4OS. The molecule has 0 aliphatic heterocycles. The quantitative estimate of drug-likeness (QED) is 0.853. The third-order valence-corrected chi connectivity index (χ3v) is 2.78. The van der Waals surface area contributed by atoms with E-state index in [0.717, 1.165) is 11.1 Å². The summed E-state index contributed by atoms with van der Waals surface area (Å²) in [4.78, 5) is 0. The van der Waals surface area contributed by atoms with E-state index in [1.165, 1.54) is 11.5 Å². The first-order valence-electron chi connectivity index (χ1n) is 4.47. The minimum atomic E-state index is 0.567. The van der Waals surface area contributed by atoms with Crippen LogP contribution >= 0.6 is 11.5 Å². The highest BCUT2D eigenvalue weighted by Gasteiger charge is 2.08. The van der Waals surface area contributed by atoms with Crippen molar-refractivity contribution < 1.29 is 4.74 Å². The molecule has 2 aromatic rings. The first-order chi connectivity index (χ1) is 7.20. The van der Waals surface area contributed by atoms with Crippen LogP contribution in [0.2, 0.25) is 0 Å². The Kier molecular flexibility index (Phi) is 2.59. The van der Waals surface area contributed by atoms with Crippen molar-refractivity contribution in [1.29, 1.82) is 0 Å². The molecule has 0 amide bonds. The molecule has 0 aliphatic rings. The van der Waals surface area contributed by atoms with Crippen molar-refractivity contribution in [1.82, 2.24) is 14.2 Å². The summed E-state index contributed by atoms with van der Waals surface area (Å²) in [7, 11) is 1.61. The van der Waals surface area contributed by atoms with Crippen molar-refractivity contribution >= 4 is 17.4 Å². The topological polar surface area (TPSA) is 66.0 Å². The minimum Gasteiger partial charge on any atom is -0.480 e. The number of hydrogen-bond donors (Lipinski definition) is 1. The van der Waals surface area contributed by atoms with Crippen molar-refractivity contribution in [3.05, 3.63) is 22.7 Å². The van der Waals surface area contributed by atoms with E-state index >= 15 is 0 Å². The van der Waals surface area contributed by atoms with Gasteiger partial charge >= 0.3 is 0 Å². The van der Waals surface area contributed by atoms with Gasteiger partial charge in [0.1, 0.15) is 5.82 Å². The van der Waals surface area contributed by atoms with Gasteiger partial charge in [-0.1, -0.05) is 0 Å². The molecule has 2 rings (SSSR count). The Morgan fingerprint density at radius 3 is 3.00 bits per heavy atom. The van der Waals surface area contributed by atoms with Crippen molar-refractivity contribution in [2.45, 2.75) is 13.5 Å². The van der Waals surface area contributed by atoms with Gasteiger partial charge in [0.15, 0.2) is 0 Å². The van der Waals surface area contributed by atoms with E-state index in [9.17, 15) is 0 Å². The summed E-state index contributed by atoms with van der Waals surface area (Å²) >= 11 is 1.37. The molecular weight excluding hydrogens is 212 g/mol. The standard InChI is InChI=1S/C9H12N4OS/c1-6-3-13(11-8(6)10)4-7-5-15-12-9(7)14-2/h3,5H,4H2,1-2H3,(H2,10,11). The van der Waals surface area contributed by atoms with Crippen LogP contribution in [0.5, 0.6) is 5.88 Å². The van der Waals surface area contributed by atoms with Crippen LogP contribution in [-0.2, 0) is 6.54 Å². The SMILES string of the molecule is COc1nscc1Cn1cc(C)c(N)n1. The van der Waals surface area contributed by atoms with Gasteiger partial charge in [-0.2, -0.15) is 9.47 Å². The second-order valence-corrected chi connectivity index (χ2v) is 3.87. The van der Waals surface area contributed by atoms with Crippen LogP contribution in [0.4, 0.5) is 5.82 Å². The maximum Gasteiger partial charge on any atom is 0.230 e. The van der Waals surface area contributed by atoms with Crippen LogP contribution in [-0.4, -0.2) is 21.3 Å². The highest BCUT2D eigenvalue weighted by atomic mass is 32.1. The number of aromatic nitrogens is 3. The molecule has 2 N–H and O–H groups in total. The van der Waals surface area contributed by atoms with Gasteiger partial charge in [0.2, 0.25) is 5.88 Å². The molecule has 80 valence electrons. The second-order valence-electron chi connectivity index (χ2n) is 3.24. The molecule has 0 bridgehead atoms. The number of rotatable bonds is 3. The van der Waals surface area contributed by atoms with Crippen molar-refractivity contribution in [3.63, 3.8) is 0 Å². The summed E-state index contributed by atoms with van der Waals surface area (Å²) in [5.74, 6) is 1.23. The average molecular weight is 224 g/mol. The van der Waals surface area contributed by atoms with Crippen molar-refractivity contribution in [2.24, 2.45) is 0 Å². The predicted molar refractivity (Wildman–Crippen MR) is 59.1 cm³/mol. The van der Waals surface area contributed by atoms with Crippen LogP contribution < -0.4 is 10.5 Å². The highest BCUT2D eigenvalue weighted by Crippen LogP contribution is 2.20. The molecule has 5 nitrogen and oxygen atoms in total. The second kappa shape index (κ2) is 3.90. The number of aryl methyl sites for hydroxylation is 1. The van der Waals surface area contributed by atoms with Crippen LogP contribution in [0.15, 0.2) is 11.6 Å². The summed E-state index contributed by atoms with van der Waals surface area (Å²) < 4.78 is 11.0. The van der Waals surface area contributed by atoms with Crippen LogP contribution in [0.25, 0.3) is 0 Å². The van der Waals surface area contributed by atoms with Crippen LogP contribution in [0.3, 0.4) is 0 Å². The zero-order valence-electron chi connectivity index (χ0n) is 8.60. The molecule has 2 aromatic heterocycles. The monoisotopic (exact) mass is 224 g/mol. The number of nitrogen functional groups attached to an aromatic ring is 1. The average Bonchev–Trinajstić information content (AvgIpc) is 2.75.